The number of halogens is 1. The number of ether oxygens (including phenoxy) is 2. The predicted octanol–water partition coefficient (Wildman–Crippen LogP) is 3.04. The average molecular weight is 283 g/mol. The van der Waals surface area contributed by atoms with E-state index in [4.69, 9.17) is 9.47 Å². The number of ketones is 1. The first-order valence-corrected chi connectivity index (χ1v) is 6.28. The fourth-order valence-electron chi connectivity index (χ4n) is 2.19. The summed E-state index contributed by atoms with van der Waals surface area (Å²) in [5.74, 6) is -1.25. The number of benzene rings is 2. The van der Waals surface area contributed by atoms with E-state index in [1.54, 1.807) is 24.3 Å². The summed E-state index contributed by atoms with van der Waals surface area (Å²) in [5.41, 5.74) is 0.358. The fraction of sp³-hybridized carbons (Fsp3) is 0.125. The van der Waals surface area contributed by atoms with Crippen LogP contribution in [0.1, 0.15) is 21.8 Å². The van der Waals surface area contributed by atoms with Gasteiger partial charge < -0.3 is 9.47 Å². The first kappa shape index (κ1) is 13.1. The van der Waals surface area contributed by atoms with Gasteiger partial charge in [0.2, 0.25) is 6.79 Å². The van der Waals surface area contributed by atoms with Gasteiger partial charge >= 0.3 is 0 Å². The zero-order valence-corrected chi connectivity index (χ0v) is 10.9. The van der Waals surface area contributed by atoms with Gasteiger partial charge in [-0.05, 0) is 29.8 Å². The molecule has 2 aromatic carbocycles. The highest BCUT2D eigenvalue weighted by Crippen LogP contribution is 2.35. The second-order valence-corrected chi connectivity index (χ2v) is 4.52. The van der Waals surface area contributed by atoms with Crippen LogP contribution in [0.15, 0.2) is 42.5 Å². The van der Waals surface area contributed by atoms with E-state index in [0.29, 0.717) is 17.1 Å². The Kier molecular flexibility index (Phi) is 3.28. The van der Waals surface area contributed by atoms with Crippen molar-refractivity contribution in [2.75, 3.05) is 6.79 Å². The summed E-state index contributed by atoms with van der Waals surface area (Å²) in [7, 11) is 0. The van der Waals surface area contributed by atoms with E-state index >= 15 is 0 Å². The highest BCUT2D eigenvalue weighted by Gasteiger charge is 2.26. The van der Waals surface area contributed by atoms with Crippen LogP contribution in [0.25, 0.3) is 0 Å². The van der Waals surface area contributed by atoms with Gasteiger partial charge in [0.1, 0.15) is 11.7 Å². The molecule has 3 rings (SSSR count). The van der Waals surface area contributed by atoms with Crippen molar-refractivity contribution in [1.29, 1.82) is 5.26 Å². The van der Waals surface area contributed by atoms with Gasteiger partial charge in [-0.3, -0.25) is 4.79 Å². The molecule has 0 aliphatic carbocycles. The summed E-state index contributed by atoms with van der Waals surface area (Å²) in [5, 5.41) is 9.29. The number of carbonyl (C=O) groups is 1. The minimum absolute atomic E-state index is 0.0956. The third-order valence-electron chi connectivity index (χ3n) is 3.26. The van der Waals surface area contributed by atoms with Crippen LogP contribution >= 0.6 is 0 Å². The zero-order chi connectivity index (χ0) is 14.8. The number of hydrogen-bond acceptors (Lipinski definition) is 4. The fourth-order valence-corrected chi connectivity index (χ4v) is 2.19. The third kappa shape index (κ3) is 2.32. The second-order valence-electron chi connectivity index (χ2n) is 4.52. The molecule has 0 radical (unpaired) electrons. The lowest BCUT2D eigenvalue weighted by atomic mass is 9.91. The van der Waals surface area contributed by atoms with E-state index < -0.39 is 17.5 Å². The van der Waals surface area contributed by atoms with Gasteiger partial charge in [0.05, 0.1) is 11.6 Å². The van der Waals surface area contributed by atoms with Gasteiger partial charge in [0, 0.05) is 0 Å². The third-order valence-corrected chi connectivity index (χ3v) is 3.26. The van der Waals surface area contributed by atoms with Crippen molar-refractivity contribution >= 4 is 5.78 Å². The lowest BCUT2D eigenvalue weighted by molar-refractivity contribution is 0.0975. The quantitative estimate of drug-likeness (QED) is 0.812. The van der Waals surface area contributed by atoms with Crippen molar-refractivity contribution in [3.8, 4) is 17.6 Å². The number of nitrogens with zero attached hydrogens (tertiary/aromatic N) is 1. The van der Waals surface area contributed by atoms with Gasteiger partial charge in [-0.1, -0.05) is 18.2 Å². The Morgan fingerprint density at radius 3 is 2.71 bits per heavy atom. The zero-order valence-electron chi connectivity index (χ0n) is 10.9. The molecule has 1 heterocycles. The Hall–Kier alpha value is -2.87. The minimum Gasteiger partial charge on any atom is -0.454 e. The van der Waals surface area contributed by atoms with Crippen molar-refractivity contribution in [2.24, 2.45) is 0 Å². The number of carbonyl (C=O) groups excluding carboxylic acids is 1. The molecule has 4 nitrogen and oxygen atoms in total. The van der Waals surface area contributed by atoms with Crippen molar-refractivity contribution in [2.45, 2.75) is 5.92 Å². The van der Waals surface area contributed by atoms with Crippen molar-refractivity contribution in [1.82, 2.24) is 0 Å². The van der Waals surface area contributed by atoms with Crippen LogP contribution in [-0.4, -0.2) is 12.6 Å². The summed E-state index contributed by atoms with van der Waals surface area (Å²) in [6, 6.07) is 12.4. The number of hydrogen-bond donors (Lipinski definition) is 0. The average Bonchev–Trinajstić information content (AvgIpc) is 2.96. The van der Waals surface area contributed by atoms with Gasteiger partial charge in [0.25, 0.3) is 0 Å². The number of Topliss-reactive ketones (excluding diaryl/α,β-unsaturated/α-hetero) is 1. The molecule has 1 atom stereocenters. The van der Waals surface area contributed by atoms with E-state index in [0.717, 1.165) is 0 Å². The van der Waals surface area contributed by atoms with Crippen molar-refractivity contribution in [3.05, 3.63) is 59.4 Å². The topological polar surface area (TPSA) is 59.3 Å². The maximum Gasteiger partial charge on any atom is 0.231 e. The Balaban J connectivity index is 1.98. The lowest BCUT2D eigenvalue weighted by Crippen LogP contribution is -2.13. The van der Waals surface area contributed by atoms with E-state index in [1.807, 2.05) is 6.07 Å². The molecule has 1 aliphatic heterocycles. The molecular weight excluding hydrogens is 273 g/mol. The number of nitriles is 1. The largest absolute Gasteiger partial charge is 0.454 e. The molecule has 0 aromatic heterocycles. The highest BCUT2D eigenvalue weighted by atomic mass is 19.1. The van der Waals surface area contributed by atoms with Gasteiger partial charge in [-0.2, -0.15) is 5.26 Å². The molecule has 1 unspecified atom stereocenters. The summed E-state index contributed by atoms with van der Waals surface area (Å²) in [6.07, 6.45) is 0. The lowest BCUT2D eigenvalue weighted by Gasteiger charge is -2.10. The Bertz CT molecular complexity index is 751. The molecule has 0 N–H and O–H groups in total. The summed E-state index contributed by atoms with van der Waals surface area (Å²) in [4.78, 5) is 12.4. The summed E-state index contributed by atoms with van der Waals surface area (Å²) >= 11 is 0. The first-order chi connectivity index (χ1) is 10.2. The Labute approximate surface area is 120 Å². The molecule has 0 fully saturated rings. The second kappa shape index (κ2) is 5.25. The monoisotopic (exact) mass is 283 g/mol. The Morgan fingerprint density at radius 2 is 1.95 bits per heavy atom. The maximum atomic E-state index is 13.7. The molecule has 0 amide bonds. The normalized spacial score (nSPS) is 13.5. The molecule has 21 heavy (non-hydrogen) atoms. The van der Waals surface area contributed by atoms with E-state index in [-0.39, 0.29) is 12.4 Å². The number of fused-ring (bicyclic) bond motifs is 1. The van der Waals surface area contributed by atoms with Crippen LogP contribution in [-0.2, 0) is 0 Å². The Morgan fingerprint density at radius 1 is 1.19 bits per heavy atom. The van der Waals surface area contributed by atoms with Crippen LogP contribution in [0.2, 0.25) is 0 Å². The van der Waals surface area contributed by atoms with Gasteiger partial charge in [0.15, 0.2) is 17.3 Å². The van der Waals surface area contributed by atoms with Crippen LogP contribution in [0, 0.1) is 17.1 Å². The van der Waals surface area contributed by atoms with Crippen LogP contribution in [0.5, 0.6) is 11.5 Å². The molecule has 2 aromatic rings. The molecule has 0 saturated carbocycles. The number of rotatable bonds is 3. The maximum absolute atomic E-state index is 13.7. The standard InChI is InChI=1S/C16H10FNO3/c17-13-4-2-1-3-11(13)16(19)12(8-18)10-5-6-14-15(7-10)21-9-20-14/h1-7,12H,9H2. The van der Waals surface area contributed by atoms with Crippen LogP contribution < -0.4 is 9.47 Å². The van der Waals surface area contributed by atoms with Gasteiger partial charge in [-0.15, -0.1) is 0 Å². The van der Waals surface area contributed by atoms with E-state index in [2.05, 4.69) is 0 Å². The first-order valence-electron chi connectivity index (χ1n) is 6.28. The van der Waals surface area contributed by atoms with Gasteiger partial charge in [-0.25, -0.2) is 4.39 Å². The van der Waals surface area contributed by atoms with E-state index in [9.17, 15) is 14.4 Å². The van der Waals surface area contributed by atoms with E-state index in [1.165, 1.54) is 18.2 Å². The minimum atomic E-state index is -1.09. The molecule has 104 valence electrons. The molecule has 0 bridgehead atoms. The van der Waals surface area contributed by atoms with Crippen molar-refractivity contribution < 1.29 is 18.7 Å². The highest BCUT2D eigenvalue weighted by molar-refractivity contribution is 6.03. The SMILES string of the molecule is N#CC(C(=O)c1ccccc1F)c1ccc2c(c1)OCO2. The predicted molar refractivity (Wildman–Crippen MR) is 71.6 cm³/mol. The molecule has 1 aliphatic rings. The van der Waals surface area contributed by atoms with Crippen LogP contribution in [0.3, 0.4) is 0 Å². The van der Waals surface area contributed by atoms with Crippen molar-refractivity contribution in [3.63, 3.8) is 0 Å². The van der Waals surface area contributed by atoms with Crippen LogP contribution in [0.4, 0.5) is 4.39 Å². The molecule has 5 heteroatoms. The summed E-state index contributed by atoms with van der Waals surface area (Å²) < 4.78 is 24.1. The summed E-state index contributed by atoms with van der Waals surface area (Å²) in [6.45, 7) is 0.108. The molecule has 0 spiro atoms. The molecule has 0 saturated heterocycles. The smallest absolute Gasteiger partial charge is 0.231 e. The molecular formula is C16H10FNO3.